The molecule has 0 aromatic heterocycles. The molecule has 0 spiro atoms. The fourth-order valence-electron chi connectivity index (χ4n) is 4.09. The summed E-state index contributed by atoms with van der Waals surface area (Å²) in [6.07, 6.45) is -0.397. The molecule has 158 valence electrons. The number of carbonyl (C=O) groups excluding carboxylic acids is 1. The summed E-state index contributed by atoms with van der Waals surface area (Å²) in [7, 11) is 0. The first-order chi connectivity index (χ1) is 15.7. The number of amides is 1. The van der Waals surface area contributed by atoms with E-state index in [1.165, 1.54) is 0 Å². The van der Waals surface area contributed by atoms with Crippen LogP contribution in [0.25, 0.3) is 0 Å². The quantitative estimate of drug-likeness (QED) is 0.409. The molecule has 4 nitrogen and oxygen atoms in total. The lowest BCUT2D eigenvalue weighted by Crippen LogP contribution is -2.43. The predicted molar refractivity (Wildman–Crippen MR) is 128 cm³/mol. The van der Waals surface area contributed by atoms with Gasteiger partial charge in [0.05, 0.1) is 5.56 Å². The van der Waals surface area contributed by atoms with Crippen LogP contribution in [0.2, 0.25) is 0 Å². The lowest BCUT2D eigenvalue weighted by molar-refractivity contribution is 0.0974. The SMILES string of the molecule is Cc1cccc(N2C(=O)c3ccccc3N[C@H]2c2ccccc2OCc2ccccc2)c1. The molecule has 0 radical (unpaired) electrons. The number of carbonyl (C=O) groups is 1. The van der Waals surface area contributed by atoms with Gasteiger partial charge >= 0.3 is 0 Å². The fourth-order valence-corrected chi connectivity index (χ4v) is 4.09. The smallest absolute Gasteiger partial charge is 0.262 e. The summed E-state index contributed by atoms with van der Waals surface area (Å²) in [5, 5.41) is 3.58. The van der Waals surface area contributed by atoms with E-state index in [4.69, 9.17) is 4.74 Å². The number of anilines is 2. The van der Waals surface area contributed by atoms with Crippen LogP contribution in [0.15, 0.2) is 103 Å². The summed E-state index contributed by atoms with van der Waals surface area (Å²) in [6.45, 7) is 2.49. The second kappa shape index (κ2) is 8.60. The van der Waals surface area contributed by atoms with Crippen molar-refractivity contribution in [3.63, 3.8) is 0 Å². The zero-order valence-corrected chi connectivity index (χ0v) is 17.9. The standard InChI is InChI=1S/C28H24N2O2/c1-20-10-9-13-22(18-20)30-27(29-25-16-7-5-14-23(25)28(30)31)24-15-6-8-17-26(24)32-19-21-11-3-2-4-12-21/h2-18,27,29H,19H2,1H3/t27-/m1/s1. The maximum absolute atomic E-state index is 13.6. The number of aryl methyl sites for hydroxylation is 1. The second-order valence-corrected chi connectivity index (χ2v) is 7.92. The highest BCUT2D eigenvalue weighted by molar-refractivity contribution is 6.12. The monoisotopic (exact) mass is 420 g/mol. The highest BCUT2D eigenvalue weighted by Gasteiger charge is 2.35. The molecule has 4 aromatic rings. The van der Waals surface area contributed by atoms with E-state index in [9.17, 15) is 4.79 Å². The molecule has 0 bridgehead atoms. The van der Waals surface area contributed by atoms with Crippen LogP contribution in [0.1, 0.15) is 33.2 Å². The Labute approximate surface area is 188 Å². The summed E-state index contributed by atoms with van der Waals surface area (Å²) in [5.74, 6) is 0.714. The first-order valence-corrected chi connectivity index (χ1v) is 10.7. The number of hydrogen-bond donors (Lipinski definition) is 1. The van der Waals surface area contributed by atoms with E-state index in [1.54, 1.807) is 0 Å². The van der Waals surface area contributed by atoms with E-state index in [-0.39, 0.29) is 5.91 Å². The van der Waals surface area contributed by atoms with Crippen LogP contribution in [-0.4, -0.2) is 5.91 Å². The van der Waals surface area contributed by atoms with E-state index in [1.807, 2.05) is 115 Å². The number of ether oxygens (including phenoxy) is 1. The molecule has 1 aliphatic rings. The fraction of sp³-hybridized carbons (Fsp3) is 0.107. The molecule has 1 aliphatic heterocycles. The predicted octanol–water partition coefficient (Wildman–Crippen LogP) is 6.35. The topological polar surface area (TPSA) is 41.6 Å². The third-order valence-electron chi connectivity index (χ3n) is 5.66. The van der Waals surface area contributed by atoms with Crippen LogP contribution in [-0.2, 0) is 6.61 Å². The minimum atomic E-state index is -0.397. The molecular weight excluding hydrogens is 396 g/mol. The molecule has 1 amide bonds. The summed E-state index contributed by atoms with van der Waals surface area (Å²) < 4.78 is 6.23. The zero-order chi connectivity index (χ0) is 21.9. The molecule has 0 saturated heterocycles. The lowest BCUT2D eigenvalue weighted by Gasteiger charge is -2.38. The molecule has 0 saturated carbocycles. The Hall–Kier alpha value is -4.05. The number of rotatable bonds is 5. The van der Waals surface area contributed by atoms with Gasteiger partial charge in [-0.15, -0.1) is 0 Å². The number of fused-ring (bicyclic) bond motifs is 1. The van der Waals surface area contributed by atoms with Crippen LogP contribution in [0.5, 0.6) is 5.75 Å². The minimum absolute atomic E-state index is 0.0344. The van der Waals surface area contributed by atoms with Crippen LogP contribution in [0.3, 0.4) is 0 Å². The number of para-hydroxylation sites is 2. The van der Waals surface area contributed by atoms with Gasteiger partial charge in [0.15, 0.2) is 0 Å². The van der Waals surface area contributed by atoms with Crippen molar-refractivity contribution in [1.82, 2.24) is 0 Å². The Morgan fingerprint density at radius 2 is 1.59 bits per heavy atom. The van der Waals surface area contributed by atoms with Crippen LogP contribution >= 0.6 is 0 Å². The van der Waals surface area contributed by atoms with E-state index >= 15 is 0 Å². The van der Waals surface area contributed by atoms with Crippen molar-refractivity contribution in [2.45, 2.75) is 19.7 Å². The van der Waals surface area contributed by atoms with Crippen LogP contribution < -0.4 is 15.0 Å². The zero-order valence-electron chi connectivity index (χ0n) is 17.9. The molecule has 1 heterocycles. The molecular formula is C28H24N2O2. The highest BCUT2D eigenvalue weighted by atomic mass is 16.5. The van der Waals surface area contributed by atoms with Crippen molar-refractivity contribution < 1.29 is 9.53 Å². The lowest BCUT2D eigenvalue weighted by atomic mass is 10.0. The van der Waals surface area contributed by atoms with Gasteiger partial charge in [-0.25, -0.2) is 0 Å². The molecule has 0 aliphatic carbocycles. The van der Waals surface area contributed by atoms with Gasteiger partial charge in [-0.05, 0) is 48.4 Å². The number of hydrogen-bond acceptors (Lipinski definition) is 3. The Morgan fingerprint density at radius 1 is 0.844 bits per heavy atom. The maximum atomic E-state index is 13.6. The van der Waals surface area contributed by atoms with Gasteiger partial charge in [0, 0.05) is 16.9 Å². The van der Waals surface area contributed by atoms with E-state index in [0.29, 0.717) is 12.2 Å². The third kappa shape index (κ3) is 3.83. The number of nitrogens with zero attached hydrogens (tertiary/aromatic N) is 1. The molecule has 0 unspecified atom stereocenters. The Kier molecular flexibility index (Phi) is 5.34. The average Bonchev–Trinajstić information content (AvgIpc) is 2.83. The van der Waals surface area contributed by atoms with Gasteiger partial charge in [-0.3, -0.25) is 9.69 Å². The third-order valence-corrected chi connectivity index (χ3v) is 5.66. The van der Waals surface area contributed by atoms with Crippen molar-refractivity contribution in [2.24, 2.45) is 0 Å². The van der Waals surface area contributed by atoms with E-state index < -0.39 is 6.17 Å². The van der Waals surface area contributed by atoms with Gasteiger partial charge < -0.3 is 10.1 Å². The first-order valence-electron chi connectivity index (χ1n) is 10.7. The Balaban J connectivity index is 1.57. The first kappa shape index (κ1) is 19.9. The average molecular weight is 421 g/mol. The van der Waals surface area contributed by atoms with Crippen LogP contribution in [0.4, 0.5) is 11.4 Å². The highest BCUT2D eigenvalue weighted by Crippen LogP contribution is 2.39. The number of nitrogens with one attached hydrogen (secondary N) is 1. The van der Waals surface area contributed by atoms with E-state index in [2.05, 4.69) is 5.32 Å². The summed E-state index contributed by atoms with van der Waals surface area (Å²) in [5.41, 5.74) is 5.43. The molecule has 1 atom stereocenters. The molecule has 1 N–H and O–H groups in total. The second-order valence-electron chi connectivity index (χ2n) is 7.92. The molecule has 4 heteroatoms. The van der Waals surface area contributed by atoms with Gasteiger partial charge in [-0.1, -0.05) is 72.8 Å². The van der Waals surface area contributed by atoms with Gasteiger partial charge in [0.1, 0.15) is 18.5 Å². The molecule has 0 fully saturated rings. The van der Waals surface area contributed by atoms with Crippen molar-refractivity contribution in [2.75, 3.05) is 10.2 Å². The van der Waals surface area contributed by atoms with Crippen molar-refractivity contribution in [3.8, 4) is 5.75 Å². The maximum Gasteiger partial charge on any atom is 0.262 e. The van der Waals surface area contributed by atoms with Crippen molar-refractivity contribution in [1.29, 1.82) is 0 Å². The van der Waals surface area contributed by atoms with Gasteiger partial charge in [-0.2, -0.15) is 0 Å². The normalized spacial score (nSPS) is 15.1. The minimum Gasteiger partial charge on any atom is -0.488 e. The van der Waals surface area contributed by atoms with Gasteiger partial charge in [0.25, 0.3) is 5.91 Å². The number of benzene rings is 4. The largest absolute Gasteiger partial charge is 0.488 e. The summed E-state index contributed by atoms with van der Waals surface area (Å²) in [4.78, 5) is 15.5. The van der Waals surface area contributed by atoms with Crippen molar-refractivity contribution in [3.05, 3.63) is 125 Å². The van der Waals surface area contributed by atoms with Crippen molar-refractivity contribution >= 4 is 17.3 Å². The summed E-state index contributed by atoms with van der Waals surface area (Å²) >= 11 is 0. The van der Waals surface area contributed by atoms with E-state index in [0.717, 1.165) is 33.8 Å². The molecule has 32 heavy (non-hydrogen) atoms. The Bertz CT molecular complexity index is 1250. The molecule has 4 aromatic carbocycles. The molecule has 5 rings (SSSR count). The summed E-state index contributed by atoms with van der Waals surface area (Å²) in [6, 6.07) is 33.7. The van der Waals surface area contributed by atoms with Crippen LogP contribution in [0, 0.1) is 6.92 Å². The van der Waals surface area contributed by atoms with Gasteiger partial charge in [0.2, 0.25) is 0 Å². The Morgan fingerprint density at radius 3 is 2.44 bits per heavy atom.